The Kier molecular flexibility index (Phi) is 34.7. The highest BCUT2D eigenvalue weighted by Gasteiger charge is 2.27. The minimum Gasteiger partial charge on any atom is -0.429 e. The smallest absolute Gasteiger partial charge is 0.429 e. The minimum absolute atomic E-state index is 0.0374. The van der Waals surface area contributed by atoms with Gasteiger partial charge in [-0.3, -0.25) is 19.2 Å². The van der Waals surface area contributed by atoms with Crippen LogP contribution in [-0.4, -0.2) is 168 Å². The summed E-state index contributed by atoms with van der Waals surface area (Å²) in [6, 6.07) is 11.2. The Morgan fingerprint density at radius 1 is 0.536 bits per heavy atom. The Balaban J connectivity index is 1.37. The van der Waals surface area contributed by atoms with Crippen LogP contribution in [0.15, 0.2) is 48.5 Å². The first-order chi connectivity index (χ1) is 33.5. The number of nitrogens with one attached hydrogen (secondary N) is 5. The molecule has 0 radical (unpaired) electrons. The van der Waals surface area contributed by atoms with Gasteiger partial charge < -0.3 is 79.7 Å². The van der Waals surface area contributed by atoms with E-state index in [9.17, 15) is 24.0 Å². The van der Waals surface area contributed by atoms with Crippen molar-refractivity contribution in [1.29, 1.82) is 0 Å². The van der Waals surface area contributed by atoms with Crippen molar-refractivity contribution in [3.63, 3.8) is 0 Å². The van der Waals surface area contributed by atoms with Gasteiger partial charge in [0.2, 0.25) is 23.6 Å². The summed E-state index contributed by atoms with van der Waals surface area (Å²) < 4.78 is 54.2. The molecule has 2 unspecified atom stereocenters. The normalized spacial score (nSPS) is 12.0. The molecule has 0 aromatic heterocycles. The predicted molar refractivity (Wildman–Crippen MR) is 258 cm³/mol. The van der Waals surface area contributed by atoms with E-state index in [1.807, 2.05) is 7.05 Å². The summed E-state index contributed by atoms with van der Waals surface area (Å²) in [5, 5.41) is 14.1. The topological polar surface area (TPSA) is 264 Å². The summed E-state index contributed by atoms with van der Waals surface area (Å²) in [5.74, 6) is -1.21. The molecule has 0 fully saturated rings. The van der Waals surface area contributed by atoms with Crippen molar-refractivity contribution in [2.45, 2.75) is 71.6 Å². The predicted octanol–water partition coefficient (Wildman–Crippen LogP) is 2.99. The zero-order chi connectivity index (χ0) is 50.2. The number of carbonyl (C=O) groups is 5. The van der Waals surface area contributed by atoms with Crippen LogP contribution in [0.3, 0.4) is 0 Å². The van der Waals surface area contributed by atoms with E-state index >= 15 is 0 Å². The fourth-order valence-corrected chi connectivity index (χ4v) is 5.81. The first-order valence-corrected chi connectivity index (χ1v) is 23.7. The van der Waals surface area contributed by atoms with Gasteiger partial charge in [0.05, 0.1) is 106 Å². The molecule has 0 aliphatic heterocycles. The molecule has 21 heteroatoms. The van der Waals surface area contributed by atoms with Crippen LogP contribution >= 0.6 is 0 Å². The van der Waals surface area contributed by atoms with Crippen molar-refractivity contribution in [2.75, 3.05) is 137 Å². The standard InChI is InChI=1S/C48H78N6O15/c1-37(2)45(47(58)52-38(3)46(57)53-41-13-9-39(10-14-41)36-68-48(59)69-42-15-11-40(49)12-16-42)54-44(56)17-20-60-22-24-62-26-28-64-30-32-66-34-35-67-33-31-65-29-27-63-25-23-61-21-19-51-43(55)8-6-5-7-18-50-4/h9-16,37-38,45,50H,5-8,17-36,49H2,1-4H3,(H,51,55)(H,52,58)(H,53,57)(H,54,56). The van der Waals surface area contributed by atoms with E-state index < -0.39 is 30.1 Å². The molecule has 2 aromatic rings. The third kappa shape index (κ3) is 32.5. The zero-order valence-electron chi connectivity index (χ0n) is 41.0. The lowest BCUT2D eigenvalue weighted by atomic mass is 10.0. The number of rotatable bonds is 42. The highest BCUT2D eigenvalue weighted by molar-refractivity contribution is 5.98. The van der Waals surface area contributed by atoms with Gasteiger partial charge in [-0.2, -0.15) is 0 Å². The Morgan fingerprint density at radius 2 is 1.04 bits per heavy atom. The van der Waals surface area contributed by atoms with Gasteiger partial charge in [-0.15, -0.1) is 0 Å². The number of nitrogen functional groups attached to an aromatic ring is 1. The molecule has 0 spiro atoms. The van der Waals surface area contributed by atoms with Crippen LogP contribution in [0, 0.1) is 5.92 Å². The Bertz CT molecular complexity index is 1670. The van der Waals surface area contributed by atoms with Crippen LogP contribution in [0.2, 0.25) is 0 Å². The number of anilines is 2. The van der Waals surface area contributed by atoms with Gasteiger partial charge in [0.1, 0.15) is 24.4 Å². The Labute approximate surface area is 407 Å². The quantitative estimate of drug-likeness (QED) is 0.0242. The second kappa shape index (κ2) is 39.8. The highest BCUT2D eigenvalue weighted by Crippen LogP contribution is 2.15. The summed E-state index contributed by atoms with van der Waals surface area (Å²) in [7, 11) is 1.93. The second-order valence-electron chi connectivity index (χ2n) is 15.8. The number of benzene rings is 2. The highest BCUT2D eigenvalue weighted by atomic mass is 16.7. The zero-order valence-corrected chi connectivity index (χ0v) is 41.0. The molecule has 21 nitrogen and oxygen atoms in total. The van der Waals surface area contributed by atoms with Crippen molar-refractivity contribution >= 4 is 41.2 Å². The van der Waals surface area contributed by atoms with Crippen molar-refractivity contribution in [3.8, 4) is 5.75 Å². The second-order valence-corrected chi connectivity index (χ2v) is 15.8. The molecule has 0 saturated heterocycles. The van der Waals surface area contributed by atoms with E-state index in [4.69, 9.17) is 53.1 Å². The van der Waals surface area contributed by atoms with Crippen LogP contribution in [-0.2, 0) is 68.4 Å². The summed E-state index contributed by atoms with van der Waals surface area (Å²) in [6.07, 6.45) is 2.74. The SMILES string of the molecule is CNCCCCCC(=O)NCCOCCOCCOCCOCCOCCOCCOCCOCCC(=O)NC(C(=O)NC(C)C(=O)Nc1ccc(COC(=O)Oc2ccc(N)cc2)cc1)C(C)C. The van der Waals surface area contributed by atoms with Gasteiger partial charge in [0, 0.05) is 30.8 Å². The van der Waals surface area contributed by atoms with Gasteiger partial charge in [-0.1, -0.05) is 32.4 Å². The third-order valence-corrected chi connectivity index (χ3v) is 9.65. The lowest BCUT2D eigenvalue weighted by Gasteiger charge is -2.24. The molecule has 2 atom stereocenters. The van der Waals surface area contributed by atoms with Crippen LogP contribution in [0.5, 0.6) is 5.75 Å². The molecule has 0 bridgehead atoms. The van der Waals surface area contributed by atoms with Gasteiger partial charge >= 0.3 is 6.16 Å². The average Bonchev–Trinajstić information content (AvgIpc) is 3.33. The van der Waals surface area contributed by atoms with Gasteiger partial charge in [-0.05, 0) is 81.2 Å². The number of amides is 4. The lowest BCUT2D eigenvalue weighted by molar-refractivity contribution is -0.132. The molecular weight excluding hydrogens is 901 g/mol. The fourth-order valence-electron chi connectivity index (χ4n) is 5.81. The molecule has 69 heavy (non-hydrogen) atoms. The fraction of sp³-hybridized carbons (Fsp3) is 0.646. The third-order valence-electron chi connectivity index (χ3n) is 9.65. The van der Waals surface area contributed by atoms with E-state index in [0.29, 0.717) is 128 Å². The number of nitrogens with two attached hydrogens (primary N) is 1. The average molecular weight is 979 g/mol. The molecule has 0 heterocycles. The van der Waals surface area contributed by atoms with Crippen LogP contribution in [0.4, 0.5) is 16.2 Å². The number of unbranched alkanes of at least 4 members (excludes halogenated alkanes) is 2. The summed E-state index contributed by atoms with van der Waals surface area (Å²) in [5.41, 5.74) is 7.30. The maximum atomic E-state index is 13.1. The van der Waals surface area contributed by atoms with E-state index in [1.165, 1.54) is 0 Å². The number of hydrogen-bond acceptors (Lipinski definition) is 17. The molecule has 7 N–H and O–H groups in total. The summed E-state index contributed by atoms with van der Waals surface area (Å²) in [4.78, 5) is 62.3. The first kappa shape index (κ1) is 60.2. The van der Waals surface area contributed by atoms with E-state index in [-0.39, 0.29) is 44.0 Å². The Morgan fingerprint density at radius 3 is 1.55 bits per heavy atom. The van der Waals surface area contributed by atoms with Crippen molar-refractivity contribution in [1.82, 2.24) is 21.3 Å². The molecule has 390 valence electrons. The van der Waals surface area contributed by atoms with Crippen LogP contribution < -0.4 is 37.1 Å². The maximum Gasteiger partial charge on any atom is 0.514 e. The van der Waals surface area contributed by atoms with E-state index in [2.05, 4.69) is 26.6 Å². The lowest BCUT2D eigenvalue weighted by Crippen LogP contribution is -2.53. The van der Waals surface area contributed by atoms with Crippen LogP contribution in [0.25, 0.3) is 0 Å². The molecule has 0 saturated carbocycles. The maximum absolute atomic E-state index is 13.1. The van der Waals surface area contributed by atoms with Crippen molar-refractivity contribution in [2.24, 2.45) is 5.92 Å². The number of hydrogen-bond donors (Lipinski definition) is 6. The largest absolute Gasteiger partial charge is 0.514 e. The molecule has 2 rings (SSSR count). The van der Waals surface area contributed by atoms with Crippen molar-refractivity contribution in [3.05, 3.63) is 54.1 Å². The van der Waals surface area contributed by atoms with E-state index in [1.54, 1.807) is 69.3 Å². The molecule has 0 aliphatic carbocycles. The summed E-state index contributed by atoms with van der Waals surface area (Å²) >= 11 is 0. The van der Waals surface area contributed by atoms with Crippen LogP contribution in [0.1, 0.15) is 58.4 Å². The molecule has 4 amide bonds. The number of carbonyl (C=O) groups excluding carboxylic acids is 5. The van der Waals surface area contributed by atoms with Gasteiger partial charge in [-0.25, -0.2) is 4.79 Å². The molecule has 0 aliphatic rings. The van der Waals surface area contributed by atoms with E-state index in [0.717, 1.165) is 25.8 Å². The molecule has 2 aromatic carbocycles. The number of ether oxygens (including phenoxy) is 10. The van der Waals surface area contributed by atoms with Gasteiger partial charge in [0.25, 0.3) is 0 Å². The van der Waals surface area contributed by atoms with Gasteiger partial charge in [0.15, 0.2) is 0 Å². The first-order valence-electron chi connectivity index (χ1n) is 23.7. The van der Waals surface area contributed by atoms with Crippen molar-refractivity contribution < 1.29 is 71.3 Å². The Hall–Kier alpha value is -4.97. The summed E-state index contributed by atoms with van der Waals surface area (Å²) in [6.45, 7) is 13.0. The molecular formula is C48H78N6O15. The monoisotopic (exact) mass is 979 g/mol. The minimum atomic E-state index is -0.907.